The first-order chi connectivity index (χ1) is 39.0. The third kappa shape index (κ3) is 66.1. The van der Waals surface area contributed by atoms with Crippen LogP contribution < -0.4 is 0 Å². The minimum atomic E-state index is -0.773. The second kappa shape index (κ2) is 67.9. The number of unbranched alkanes of at least 4 members (excludes halogenated alkanes) is 46. The van der Waals surface area contributed by atoms with E-state index in [0.717, 1.165) is 83.5 Å². The maximum absolute atomic E-state index is 13.0. The van der Waals surface area contributed by atoms with Gasteiger partial charge < -0.3 is 14.2 Å². The van der Waals surface area contributed by atoms with Gasteiger partial charge in [-0.15, -0.1) is 0 Å². The van der Waals surface area contributed by atoms with E-state index in [9.17, 15) is 14.4 Å². The van der Waals surface area contributed by atoms with Gasteiger partial charge in [0.25, 0.3) is 0 Å². The van der Waals surface area contributed by atoms with E-state index in [0.29, 0.717) is 19.3 Å². The Kier molecular flexibility index (Phi) is 65.6. The van der Waals surface area contributed by atoms with Crippen molar-refractivity contribution in [2.75, 3.05) is 13.2 Å². The van der Waals surface area contributed by atoms with Crippen LogP contribution in [-0.2, 0) is 28.6 Å². The predicted octanol–water partition coefficient (Wildman–Crippen LogP) is 24.1. The summed E-state index contributed by atoms with van der Waals surface area (Å²) in [5.41, 5.74) is 0. The van der Waals surface area contributed by atoms with Crippen molar-refractivity contribution in [3.8, 4) is 0 Å². The highest BCUT2D eigenvalue weighted by molar-refractivity contribution is 5.71. The molecule has 0 heterocycles. The van der Waals surface area contributed by atoms with E-state index in [-0.39, 0.29) is 31.1 Å². The number of rotatable bonds is 65. The van der Waals surface area contributed by atoms with Gasteiger partial charge in [0.2, 0.25) is 0 Å². The molecule has 0 rings (SSSR count). The minimum absolute atomic E-state index is 0.0681. The normalized spacial score (nSPS) is 12.3. The molecule has 0 bridgehead atoms. The van der Waals surface area contributed by atoms with Crippen molar-refractivity contribution in [2.24, 2.45) is 0 Å². The Hall–Kier alpha value is -2.63. The minimum Gasteiger partial charge on any atom is -0.462 e. The van der Waals surface area contributed by atoms with Crippen LogP contribution in [-0.4, -0.2) is 37.2 Å². The Labute approximate surface area is 492 Å². The molecule has 462 valence electrons. The molecule has 6 nitrogen and oxygen atoms in total. The molecule has 0 saturated carbocycles. The summed E-state index contributed by atoms with van der Waals surface area (Å²) < 4.78 is 17.0. The van der Waals surface area contributed by atoms with Crippen LogP contribution in [0.1, 0.15) is 380 Å². The maximum atomic E-state index is 13.0. The molecular formula is C73H134O6. The molecule has 0 fully saturated rings. The van der Waals surface area contributed by atoms with Crippen molar-refractivity contribution >= 4 is 17.9 Å². The van der Waals surface area contributed by atoms with Gasteiger partial charge in [-0.05, 0) is 57.8 Å². The zero-order valence-electron chi connectivity index (χ0n) is 53.2. The van der Waals surface area contributed by atoms with Crippen molar-refractivity contribution in [3.63, 3.8) is 0 Å². The lowest BCUT2D eigenvalue weighted by Crippen LogP contribution is -2.30. The van der Waals surface area contributed by atoms with Crippen molar-refractivity contribution in [1.82, 2.24) is 0 Å². The molecule has 0 aliphatic carbocycles. The van der Waals surface area contributed by atoms with Crippen LogP contribution in [0.4, 0.5) is 0 Å². The fraction of sp³-hybridized carbons (Fsp3) is 0.849. The first kappa shape index (κ1) is 76.4. The SMILES string of the molecule is CC/C=C\C/C=C\C/C=C\C/C=C\CCCCCCCCCCCCC(=O)OCC(COC(=O)CCCCCCCCCCCCCCCCCC)OC(=O)CCCCCCCCCCCCCCCCCCCCCCCC. The lowest BCUT2D eigenvalue weighted by atomic mass is 10.0. The number of carbonyl (C=O) groups excluding carboxylic acids is 3. The summed E-state index contributed by atoms with van der Waals surface area (Å²) in [6, 6.07) is 0. The van der Waals surface area contributed by atoms with E-state index in [1.807, 2.05) is 0 Å². The quantitative estimate of drug-likeness (QED) is 0.0261. The Balaban J connectivity index is 4.30. The molecule has 0 aromatic rings. The van der Waals surface area contributed by atoms with Crippen LogP contribution in [0.3, 0.4) is 0 Å². The van der Waals surface area contributed by atoms with Crippen LogP contribution >= 0.6 is 0 Å². The summed E-state index contributed by atoms with van der Waals surface area (Å²) in [6.45, 7) is 6.60. The molecule has 6 heteroatoms. The summed E-state index contributed by atoms with van der Waals surface area (Å²) >= 11 is 0. The lowest BCUT2D eigenvalue weighted by molar-refractivity contribution is -0.167. The van der Waals surface area contributed by atoms with Crippen LogP contribution in [0.5, 0.6) is 0 Å². The fourth-order valence-electron chi connectivity index (χ4n) is 10.6. The standard InChI is InChI=1S/C73H134O6/c1-4-7-10-13-16-19-22-25-28-31-33-35-37-39-40-42-45-48-51-54-57-60-63-66-72(75)78-69-70(68-77-71(74)65-62-59-56-53-50-47-44-30-27-24-21-18-15-12-9-6-3)79-73(76)67-64-61-58-55-52-49-46-43-41-38-36-34-32-29-26-23-20-17-14-11-8-5-2/h7,10,16,19,25,28,33,35,70H,4-6,8-9,11-15,17-18,20-24,26-27,29-32,34,36-69H2,1-3H3/b10-7-,19-16-,28-25-,35-33-. The molecule has 0 radical (unpaired) electrons. The zero-order chi connectivity index (χ0) is 57.1. The van der Waals surface area contributed by atoms with Gasteiger partial charge in [-0.1, -0.05) is 352 Å². The average molecular weight is 1110 g/mol. The Morgan fingerprint density at radius 1 is 0.266 bits per heavy atom. The number of hydrogen-bond donors (Lipinski definition) is 0. The molecule has 0 aromatic heterocycles. The summed E-state index contributed by atoms with van der Waals surface area (Å²) in [7, 11) is 0. The van der Waals surface area contributed by atoms with Crippen molar-refractivity contribution in [2.45, 2.75) is 386 Å². The molecule has 0 saturated heterocycles. The van der Waals surface area contributed by atoms with E-state index in [4.69, 9.17) is 14.2 Å². The second-order valence-corrected chi connectivity index (χ2v) is 23.8. The Morgan fingerprint density at radius 3 is 0.772 bits per heavy atom. The Morgan fingerprint density at radius 2 is 0.494 bits per heavy atom. The molecular weight excluding hydrogens is 973 g/mol. The fourth-order valence-corrected chi connectivity index (χ4v) is 10.6. The predicted molar refractivity (Wildman–Crippen MR) is 344 cm³/mol. The largest absolute Gasteiger partial charge is 0.462 e. The van der Waals surface area contributed by atoms with Crippen LogP contribution in [0.2, 0.25) is 0 Å². The summed E-state index contributed by atoms with van der Waals surface area (Å²) in [5.74, 6) is -0.842. The summed E-state index contributed by atoms with van der Waals surface area (Å²) in [6.07, 6.45) is 85.6. The molecule has 0 aliphatic rings. The van der Waals surface area contributed by atoms with Gasteiger partial charge >= 0.3 is 17.9 Å². The van der Waals surface area contributed by atoms with Gasteiger partial charge in [0, 0.05) is 19.3 Å². The highest BCUT2D eigenvalue weighted by Crippen LogP contribution is 2.19. The van der Waals surface area contributed by atoms with Gasteiger partial charge in [0.05, 0.1) is 0 Å². The Bertz CT molecular complexity index is 1360. The first-order valence-corrected chi connectivity index (χ1v) is 35.1. The van der Waals surface area contributed by atoms with E-state index in [1.54, 1.807) is 0 Å². The summed E-state index contributed by atoms with van der Waals surface area (Å²) in [4.78, 5) is 38.5. The third-order valence-corrected chi connectivity index (χ3v) is 15.8. The van der Waals surface area contributed by atoms with Crippen LogP contribution in [0, 0.1) is 0 Å². The van der Waals surface area contributed by atoms with Crippen molar-refractivity contribution in [1.29, 1.82) is 0 Å². The van der Waals surface area contributed by atoms with E-state index >= 15 is 0 Å². The van der Waals surface area contributed by atoms with Crippen molar-refractivity contribution < 1.29 is 28.6 Å². The number of allylic oxidation sites excluding steroid dienone is 8. The molecule has 0 aliphatic heterocycles. The maximum Gasteiger partial charge on any atom is 0.306 e. The zero-order valence-corrected chi connectivity index (χ0v) is 53.2. The van der Waals surface area contributed by atoms with E-state index < -0.39 is 6.10 Å². The van der Waals surface area contributed by atoms with Crippen molar-refractivity contribution in [3.05, 3.63) is 48.6 Å². The van der Waals surface area contributed by atoms with Gasteiger partial charge in [-0.25, -0.2) is 0 Å². The van der Waals surface area contributed by atoms with E-state index in [2.05, 4.69) is 69.4 Å². The van der Waals surface area contributed by atoms with Crippen LogP contribution in [0.25, 0.3) is 0 Å². The van der Waals surface area contributed by atoms with Crippen LogP contribution in [0.15, 0.2) is 48.6 Å². The number of esters is 3. The third-order valence-electron chi connectivity index (χ3n) is 15.8. The molecule has 0 aromatic carbocycles. The number of carbonyl (C=O) groups is 3. The molecule has 79 heavy (non-hydrogen) atoms. The summed E-state index contributed by atoms with van der Waals surface area (Å²) in [5, 5.41) is 0. The molecule has 0 N–H and O–H groups in total. The average Bonchev–Trinajstić information content (AvgIpc) is 3.45. The molecule has 1 unspecified atom stereocenters. The smallest absolute Gasteiger partial charge is 0.306 e. The topological polar surface area (TPSA) is 78.9 Å². The highest BCUT2D eigenvalue weighted by atomic mass is 16.6. The van der Waals surface area contributed by atoms with Gasteiger partial charge in [-0.3, -0.25) is 14.4 Å². The first-order valence-electron chi connectivity index (χ1n) is 35.1. The van der Waals surface area contributed by atoms with E-state index in [1.165, 1.54) is 257 Å². The second-order valence-electron chi connectivity index (χ2n) is 23.8. The number of ether oxygens (including phenoxy) is 3. The van der Waals surface area contributed by atoms with Gasteiger partial charge in [0.1, 0.15) is 13.2 Å². The van der Waals surface area contributed by atoms with Gasteiger partial charge in [0.15, 0.2) is 6.10 Å². The molecule has 1 atom stereocenters. The lowest BCUT2D eigenvalue weighted by Gasteiger charge is -2.18. The molecule has 0 spiro atoms. The number of hydrogen-bond acceptors (Lipinski definition) is 6. The molecule has 0 amide bonds. The van der Waals surface area contributed by atoms with Gasteiger partial charge in [-0.2, -0.15) is 0 Å². The highest BCUT2D eigenvalue weighted by Gasteiger charge is 2.19. The monoisotopic (exact) mass is 1110 g/mol.